The molecule has 1 aromatic carbocycles. The van der Waals surface area contributed by atoms with E-state index < -0.39 is 52.9 Å². The summed E-state index contributed by atoms with van der Waals surface area (Å²) in [6.07, 6.45) is -1.40. The first-order valence-electron chi connectivity index (χ1n) is 18.1. The number of rotatable bonds is 7. The van der Waals surface area contributed by atoms with Crippen LogP contribution in [0.3, 0.4) is 0 Å². The minimum Gasteiger partial charge on any atom is -0.497 e. The number of amides is 1. The van der Waals surface area contributed by atoms with Crippen molar-refractivity contribution in [2.45, 2.75) is 84.5 Å². The molecule has 51 heavy (non-hydrogen) atoms. The summed E-state index contributed by atoms with van der Waals surface area (Å²) in [5.74, 6) is -4.50. The van der Waals surface area contributed by atoms with Crippen molar-refractivity contribution >= 4 is 17.8 Å². The van der Waals surface area contributed by atoms with E-state index in [0.717, 1.165) is 5.56 Å². The quantitative estimate of drug-likeness (QED) is 0.326. The number of alkyl halides is 3. The standard InChI is InChI=1S/C39H54F3N3O6/c1-23-17-26(39(40,41)42)18-32(43-15-13-25(14-16-43)36(49)51-38(5,6)7)33(23)29-19-44(20-31(29)35(47)48)34(46)30-22-45(37(2,3)4)21-28(30)24-9-11-27(50-8)12-10-24/h9-12,17-18,23,25,28-31,33H,13-16,19-22H2,1-8H3,(H,47,48)/t23?,28-,29-,30+,31-,33?/m0/s1. The fourth-order valence-corrected chi connectivity index (χ4v) is 8.47. The van der Waals surface area contributed by atoms with Gasteiger partial charge in [-0.05, 0) is 84.1 Å². The Hall–Kier alpha value is -3.54. The Balaban J connectivity index is 1.42. The minimum absolute atomic E-state index is 0.00670. The zero-order valence-corrected chi connectivity index (χ0v) is 31.1. The van der Waals surface area contributed by atoms with Crippen LogP contribution in [0, 0.1) is 35.5 Å². The Kier molecular flexibility index (Phi) is 11.0. The van der Waals surface area contributed by atoms with E-state index in [9.17, 15) is 32.7 Å². The van der Waals surface area contributed by atoms with Crippen LogP contribution in [0.15, 0.2) is 47.7 Å². The third-order valence-electron chi connectivity index (χ3n) is 11.2. The first-order chi connectivity index (χ1) is 23.7. The summed E-state index contributed by atoms with van der Waals surface area (Å²) in [5, 5.41) is 10.5. The lowest BCUT2D eigenvalue weighted by Gasteiger charge is -2.43. The van der Waals surface area contributed by atoms with Crippen LogP contribution in [0.4, 0.5) is 13.2 Å². The third-order valence-corrected chi connectivity index (χ3v) is 11.2. The van der Waals surface area contributed by atoms with E-state index in [1.165, 1.54) is 12.2 Å². The van der Waals surface area contributed by atoms with Crippen LogP contribution in [0.25, 0.3) is 0 Å². The van der Waals surface area contributed by atoms with E-state index in [1.807, 2.05) is 29.2 Å². The van der Waals surface area contributed by atoms with Crippen LogP contribution >= 0.6 is 0 Å². The molecular weight excluding hydrogens is 663 g/mol. The number of allylic oxidation sites excluding steroid dienone is 4. The number of carboxylic acids is 1. The number of piperidine rings is 1. The molecule has 1 aromatic rings. The minimum atomic E-state index is -4.58. The zero-order valence-electron chi connectivity index (χ0n) is 31.1. The van der Waals surface area contributed by atoms with Crippen LogP contribution < -0.4 is 4.74 Å². The van der Waals surface area contributed by atoms with Crippen LogP contribution in [0.2, 0.25) is 0 Å². The van der Waals surface area contributed by atoms with E-state index in [4.69, 9.17) is 9.47 Å². The molecule has 0 saturated carbocycles. The van der Waals surface area contributed by atoms with Crippen molar-refractivity contribution in [2.24, 2.45) is 35.5 Å². The van der Waals surface area contributed by atoms with E-state index in [2.05, 4.69) is 25.7 Å². The van der Waals surface area contributed by atoms with Gasteiger partial charge in [0, 0.05) is 68.3 Å². The second kappa shape index (κ2) is 14.5. The molecule has 3 aliphatic heterocycles. The van der Waals surface area contributed by atoms with Gasteiger partial charge in [0.05, 0.1) is 30.4 Å². The topological polar surface area (TPSA) is 99.6 Å². The molecule has 6 atom stereocenters. The van der Waals surface area contributed by atoms with Crippen molar-refractivity contribution < 1.29 is 42.1 Å². The Bertz CT molecular complexity index is 1520. The molecule has 1 aliphatic carbocycles. The van der Waals surface area contributed by atoms with E-state index in [0.29, 0.717) is 50.5 Å². The fraction of sp³-hybridized carbons (Fsp3) is 0.667. The summed E-state index contributed by atoms with van der Waals surface area (Å²) in [7, 11) is 1.60. The third kappa shape index (κ3) is 8.58. The molecule has 0 radical (unpaired) electrons. The number of esters is 1. The summed E-state index contributed by atoms with van der Waals surface area (Å²) in [5.41, 5.74) is -0.182. The average molecular weight is 718 g/mol. The predicted molar refractivity (Wildman–Crippen MR) is 187 cm³/mol. The largest absolute Gasteiger partial charge is 0.497 e. The maximum atomic E-state index is 14.5. The number of nitrogens with zero attached hydrogens (tertiary/aromatic N) is 3. The highest BCUT2D eigenvalue weighted by Gasteiger charge is 2.52. The smallest absolute Gasteiger partial charge is 0.416 e. The molecule has 0 aromatic heterocycles. The Labute approximate surface area is 299 Å². The van der Waals surface area contributed by atoms with Gasteiger partial charge >= 0.3 is 18.1 Å². The van der Waals surface area contributed by atoms with Crippen LogP contribution in [0.1, 0.15) is 72.8 Å². The van der Waals surface area contributed by atoms with Gasteiger partial charge in [0.15, 0.2) is 0 Å². The van der Waals surface area contributed by atoms with Gasteiger partial charge < -0.3 is 24.4 Å². The van der Waals surface area contributed by atoms with Gasteiger partial charge in [-0.15, -0.1) is 0 Å². The number of carboxylic acid groups (broad SMARTS) is 1. The van der Waals surface area contributed by atoms with Gasteiger partial charge in [-0.2, -0.15) is 13.2 Å². The number of aliphatic carboxylic acids is 1. The molecule has 12 heteroatoms. The number of ether oxygens (including phenoxy) is 2. The van der Waals surface area contributed by atoms with Crippen LogP contribution in [-0.4, -0.2) is 101 Å². The van der Waals surface area contributed by atoms with Gasteiger partial charge in [0.25, 0.3) is 0 Å². The maximum absolute atomic E-state index is 14.5. The van der Waals surface area contributed by atoms with Crippen molar-refractivity contribution in [3.8, 4) is 5.75 Å². The predicted octanol–water partition coefficient (Wildman–Crippen LogP) is 6.36. The SMILES string of the molecule is COc1ccc([C@@H]2CN(C(C)(C)C)C[C@H]2C(=O)N2C[C@H](C(=O)O)[C@@H](C3C(N4CCC(C(=O)OC(C)(C)C)CC4)=CC(C(F)(F)F)=CC3C)C2)cc1. The first-order valence-corrected chi connectivity index (χ1v) is 18.1. The fourth-order valence-electron chi connectivity index (χ4n) is 8.47. The summed E-state index contributed by atoms with van der Waals surface area (Å²) >= 11 is 0. The second-order valence-electron chi connectivity index (χ2n) is 16.8. The molecule has 3 saturated heterocycles. The van der Waals surface area contributed by atoms with Crippen molar-refractivity contribution in [1.82, 2.24) is 14.7 Å². The summed E-state index contributed by atoms with van der Waals surface area (Å²) in [6.45, 7) is 15.4. The molecule has 5 rings (SSSR count). The van der Waals surface area contributed by atoms with Crippen molar-refractivity contribution in [1.29, 1.82) is 0 Å². The Morgan fingerprint density at radius 1 is 0.882 bits per heavy atom. The molecular formula is C39H54F3N3O6. The summed E-state index contributed by atoms with van der Waals surface area (Å²) in [4.78, 5) is 46.1. The number of halogens is 3. The van der Waals surface area contributed by atoms with E-state index >= 15 is 0 Å². The Morgan fingerprint density at radius 3 is 2.04 bits per heavy atom. The van der Waals surface area contributed by atoms with Gasteiger partial charge in [0.2, 0.25) is 5.91 Å². The van der Waals surface area contributed by atoms with Crippen LogP contribution in [0.5, 0.6) is 5.75 Å². The average Bonchev–Trinajstić information content (AvgIpc) is 3.69. The molecule has 0 spiro atoms. The molecule has 9 nitrogen and oxygen atoms in total. The highest BCUT2D eigenvalue weighted by atomic mass is 19.4. The van der Waals surface area contributed by atoms with Crippen molar-refractivity contribution in [3.05, 3.63) is 53.3 Å². The molecule has 0 bridgehead atoms. The van der Waals surface area contributed by atoms with E-state index in [-0.39, 0.29) is 42.3 Å². The second-order valence-corrected chi connectivity index (χ2v) is 16.8. The lowest BCUT2D eigenvalue weighted by Crippen LogP contribution is -2.44. The van der Waals surface area contributed by atoms with Gasteiger partial charge in [0.1, 0.15) is 11.4 Å². The first kappa shape index (κ1) is 38.7. The number of methoxy groups -OCH3 is 1. The molecule has 1 N–H and O–H groups in total. The van der Waals surface area contributed by atoms with Gasteiger partial charge in [-0.3, -0.25) is 19.3 Å². The number of hydrogen-bond acceptors (Lipinski definition) is 7. The number of carbonyl (C=O) groups excluding carboxylic acids is 2. The maximum Gasteiger partial charge on any atom is 0.416 e. The highest BCUT2D eigenvalue weighted by Crippen LogP contribution is 2.47. The monoisotopic (exact) mass is 717 g/mol. The normalized spacial score (nSPS) is 28.4. The summed E-state index contributed by atoms with van der Waals surface area (Å²) in [6, 6.07) is 7.70. The Morgan fingerprint density at radius 2 is 1.51 bits per heavy atom. The van der Waals surface area contributed by atoms with Crippen LogP contribution in [-0.2, 0) is 19.1 Å². The molecule has 1 amide bonds. The molecule has 3 heterocycles. The molecule has 282 valence electrons. The zero-order chi connectivity index (χ0) is 37.6. The number of likely N-dealkylation sites (tertiary alicyclic amines) is 3. The number of hydrogen-bond donors (Lipinski definition) is 1. The summed E-state index contributed by atoms with van der Waals surface area (Å²) < 4.78 is 53.6. The number of benzene rings is 1. The van der Waals surface area contributed by atoms with Crippen molar-refractivity contribution in [2.75, 3.05) is 46.4 Å². The van der Waals surface area contributed by atoms with Gasteiger partial charge in [-0.25, -0.2) is 0 Å². The lowest BCUT2D eigenvalue weighted by atomic mass is 9.71. The molecule has 4 aliphatic rings. The van der Waals surface area contributed by atoms with Gasteiger partial charge in [-0.1, -0.05) is 25.1 Å². The van der Waals surface area contributed by atoms with Crippen molar-refractivity contribution in [3.63, 3.8) is 0 Å². The molecule has 2 unspecified atom stereocenters. The molecule has 3 fully saturated rings. The lowest BCUT2D eigenvalue weighted by molar-refractivity contribution is -0.161. The highest BCUT2D eigenvalue weighted by molar-refractivity contribution is 5.82. The van der Waals surface area contributed by atoms with E-state index in [1.54, 1.807) is 39.7 Å². The number of carbonyl (C=O) groups is 3.